The average molecular weight is 260 g/mol. The first kappa shape index (κ1) is 13.1. The molecule has 2 aliphatic rings. The summed E-state index contributed by atoms with van der Waals surface area (Å²) >= 11 is 1.53. The number of fused-ring (bicyclic) bond motifs is 1. The zero-order chi connectivity index (χ0) is 12.4. The maximum absolute atomic E-state index is 9.87. The largest absolute Gasteiger partial charge is 0.396 e. The van der Waals surface area contributed by atoms with E-state index in [2.05, 4.69) is 17.2 Å². The summed E-state index contributed by atoms with van der Waals surface area (Å²) < 4.78 is 0. The molecule has 5 nitrogen and oxygen atoms in total. The zero-order valence-corrected chi connectivity index (χ0v) is 10.7. The van der Waals surface area contributed by atoms with Crippen LogP contribution in [0.15, 0.2) is 4.99 Å². The summed E-state index contributed by atoms with van der Waals surface area (Å²) in [5, 5.41) is 32.9. The maximum Gasteiger partial charge on any atom is 0.157 e. The van der Waals surface area contributed by atoms with Gasteiger partial charge in [0.15, 0.2) is 5.17 Å². The minimum atomic E-state index is -0.841. The first-order chi connectivity index (χ1) is 8.19. The van der Waals surface area contributed by atoms with Crippen LogP contribution in [0.5, 0.6) is 0 Å². The van der Waals surface area contributed by atoms with Crippen molar-refractivity contribution in [3.8, 4) is 0 Å². The molecule has 0 aromatic rings. The van der Waals surface area contributed by atoms with Gasteiger partial charge in [-0.15, -0.1) is 0 Å². The summed E-state index contributed by atoms with van der Waals surface area (Å²) in [5.41, 5.74) is 0. The zero-order valence-electron chi connectivity index (χ0n) is 9.91. The fourth-order valence-corrected chi connectivity index (χ4v) is 3.81. The second-order valence-electron chi connectivity index (χ2n) is 4.62. The van der Waals surface area contributed by atoms with Crippen molar-refractivity contribution in [2.24, 2.45) is 10.9 Å². The lowest BCUT2D eigenvalue weighted by Crippen LogP contribution is -2.40. The van der Waals surface area contributed by atoms with Gasteiger partial charge in [-0.05, 0) is 6.42 Å². The molecule has 1 saturated heterocycles. The topological polar surface area (TPSA) is 85.1 Å². The molecule has 0 amide bonds. The Kier molecular flexibility index (Phi) is 4.30. The van der Waals surface area contributed by atoms with Gasteiger partial charge in [0.05, 0.1) is 12.1 Å². The molecule has 1 saturated carbocycles. The molecule has 0 bridgehead atoms. The highest BCUT2D eigenvalue weighted by Crippen LogP contribution is 2.40. The van der Waals surface area contributed by atoms with E-state index in [1.165, 1.54) is 11.8 Å². The van der Waals surface area contributed by atoms with Crippen LogP contribution >= 0.6 is 11.8 Å². The predicted octanol–water partition coefficient (Wildman–Crippen LogP) is -0.440. The number of hydrogen-bond acceptors (Lipinski definition) is 5. The van der Waals surface area contributed by atoms with Crippen LogP contribution in [0.2, 0.25) is 0 Å². The van der Waals surface area contributed by atoms with Gasteiger partial charge in [0.2, 0.25) is 0 Å². The van der Waals surface area contributed by atoms with Crippen molar-refractivity contribution >= 4 is 16.9 Å². The second kappa shape index (κ2) is 5.56. The molecule has 98 valence electrons. The summed E-state index contributed by atoms with van der Waals surface area (Å²) in [5.74, 6) is -0.272. The van der Waals surface area contributed by atoms with Gasteiger partial charge in [-0.1, -0.05) is 25.1 Å². The van der Waals surface area contributed by atoms with E-state index in [0.29, 0.717) is 0 Å². The Hall–Kier alpha value is -0.300. The van der Waals surface area contributed by atoms with Gasteiger partial charge in [0, 0.05) is 24.3 Å². The third-order valence-corrected chi connectivity index (χ3v) is 4.83. The number of rotatable bonds is 4. The normalized spacial score (nSPS) is 42.8. The van der Waals surface area contributed by atoms with E-state index in [9.17, 15) is 15.3 Å². The molecule has 4 N–H and O–H groups in total. The standard InChI is InChI=1S/C11H20N2O3S/c1-2-3-4-12-11-13-7-9(16)8(15)6(5-14)10(7)17-11/h6-10,14-16H,2-5H2,1H3,(H,12,13)/t6-,7?,8-,9-,10?/m1/s1. The van der Waals surface area contributed by atoms with E-state index in [4.69, 9.17) is 0 Å². The van der Waals surface area contributed by atoms with Crippen molar-refractivity contribution in [1.29, 1.82) is 0 Å². The number of hydrogen-bond donors (Lipinski definition) is 4. The Bertz CT molecular complexity index is 300. The molecular formula is C11H20N2O3S. The Labute approximate surface area is 105 Å². The summed E-state index contributed by atoms with van der Waals surface area (Å²) in [4.78, 5) is 4.42. The van der Waals surface area contributed by atoms with Crippen molar-refractivity contribution in [3.05, 3.63) is 0 Å². The van der Waals surface area contributed by atoms with E-state index in [1.807, 2.05) is 0 Å². The highest BCUT2D eigenvalue weighted by molar-refractivity contribution is 8.14. The molecule has 0 radical (unpaired) electrons. The molecule has 1 aliphatic heterocycles. The number of thioether (sulfide) groups is 1. The monoisotopic (exact) mass is 260 g/mol. The molecule has 17 heavy (non-hydrogen) atoms. The molecule has 0 spiro atoms. The smallest absolute Gasteiger partial charge is 0.157 e. The third kappa shape index (κ3) is 2.45. The van der Waals surface area contributed by atoms with E-state index < -0.39 is 12.2 Å². The Balaban J connectivity index is 1.99. The predicted molar refractivity (Wildman–Crippen MR) is 68.1 cm³/mol. The molecule has 0 aromatic heterocycles. The van der Waals surface area contributed by atoms with E-state index in [-0.39, 0.29) is 23.8 Å². The molecule has 6 heteroatoms. The first-order valence-corrected chi connectivity index (χ1v) is 7.01. The van der Waals surface area contributed by atoms with Gasteiger partial charge in [0.1, 0.15) is 6.10 Å². The second-order valence-corrected chi connectivity index (χ2v) is 5.79. The van der Waals surface area contributed by atoms with Crippen LogP contribution in [0, 0.1) is 5.92 Å². The molecular weight excluding hydrogens is 240 g/mol. The third-order valence-electron chi connectivity index (χ3n) is 3.45. The van der Waals surface area contributed by atoms with Crippen LogP contribution in [0.3, 0.4) is 0 Å². The lowest BCUT2D eigenvalue weighted by Gasteiger charge is -2.17. The summed E-state index contributed by atoms with van der Waals surface area (Å²) in [6.07, 6.45) is 0.501. The Morgan fingerprint density at radius 3 is 2.76 bits per heavy atom. The molecule has 0 aromatic carbocycles. The van der Waals surface area contributed by atoms with Crippen molar-refractivity contribution in [2.45, 2.75) is 43.3 Å². The summed E-state index contributed by atoms with van der Waals surface area (Å²) in [7, 11) is 0. The minimum Gasteiger partial charge on any atom is -0.396 e. The van der Waals surface area contributed by atoms with Crippen molar-refractivity contribution < 1.29 is 15.3 Å². The molecule has 1 heterocycles. The van der Waals surface area contributed by atoms with Crippen molar-refractivity contribution in [3.63, 3.8) is 0 Å². The molecule has 1 aliphatic carbocycles. The number of aliphatic hydroxyl groups excluding tert-OH is 3. The fourth-order valence-electron chi connectivity index (χ4n) is 2.39. The SMILES string of the molecule is CCCCN=C1NC2C(S1)[C@H](CO)[C@@H](O)[C@@H]2O. The van der Waals surface area contributed by atoms with Gasteiger partial charge in [-0.2, -0.15) is 0 Å². The first-order valence-electron chi connectivity index (χ1n) is 6.13. The quantitative estimate of drug-likeness (QED) is 0.515. The highest BCUT2D eigenvalue weighted by atomic mass is 32.2. The maximum atomic E-state index is 9.87. The Morgan fingerprint density at radius 1 is 1.35 bits per heavy atom. The van der Waals surface area contributed by atoms with Crippen LogP contribution in [0.4, 0.5) is 0 Å². The number of nitrogens with one attached hydrogen (secondary N) is 1. The molecule has 2 unspecified atom stereocenters. The molecule has 5 atom stereocenters. The number of nitrogens with zero attached hydrogens (tertiary/aromatic N) is 1. The average Bonchev–Trinajstić information content (AvgIpc) is 2.81. The van der Waals surface area contributed by atoms with Crippen LogP contribution in [-0.2, 0) is 0 Å². The fraction of sp³-hybridized carbons (Fsp3) is 0.909. The summed E-state index contributed by atoms with van der Waals surface area (Å²) in [6, 6.07) is -0.187. The molecule has 2 fully saturated rings. The van der Waals surface area contributed by atoms with Crippen LogP contribution < -0.4 is 5.32 Å². The van der Waals surface area contributed by atoms with Crippen molar-refractivity contribution in [1.82, 2.24) is 5.32 Å². The number of unbranched alkanes of at least 4 members (excludes halogenated alkanes) is 1. The van der Waals surface area contributed by atoms with Crippen molar-refractivity contribution in [2.75, 3.05) is 13.2 Å². The minimum absolute atomic E-state index is 0.0189. The Morgan fingerprint density at radius 2 is 2.12 bits per heavy atom. The van der Waals surface area contributed by atoms with Gasteiger partial charge in [0.25, 0.3) is 0 Å². The van der Waals surface area contributed by atoms with E-state index in [0.717, 1.165) is 24.6 Å². The van der Waals surface area contributed by atoms with Crippen LogP contribution in [0.25, 0.3) is 0 Å². The number of aliphatic hydroxyl groups is 3. The van der Waals surface area contributed by atoms with Gasteiger partial charge >= 0.3 is 0 Å². The van der Waals surface area contributed by atoms with Crippen LogP contribution in [0.1, 0.15) is 19.8 Å². The lowest BCUT2D eigenvalue weighted by molar-refractivity contribution is 0.00147. The number of aliphatic imine (C=N–C) groups is 1. The summed E-state index contributed by atoms with van der Waals surface area (Å²) in [6.45, 7) is 2.80. The number of amidine groups is 1. The van der Waals surface area contributed by atoms with Gasteiger partial charge in [-0.3, -0.25) is 4.99 Å². The van der Waals surface area contributed by atoms with Gasteiger partial charge in [-0.25, -0.2) is 0 Å². The van der Waals surface area contributed by atoms with E-state index >= 15 is 0 Å². The molecule has 2 rings (SSSR count). The van der Waals surface area contributed by atoms with Crippen LogP contribution in [-0.4, -0.2) is 57.1 Å². The lowest BCUT2D eigenvalue weighted by atomic mass is 10.1. The highest BCUT2D eigenvalue weighted by Gasteiger charge is 2.53. The van der Waals surface area contributed by atoms with Gasteiger partial charge < -0.3 is 20.6 Å². The van der Waals surface area contributed by atoms with E-state index in [1.54, 1.807) is 0 Å².